The Kier molecular flexibility index (Phi) is 3.26. The average molecular weight is 218 g/mol. The fourth-order valence-electron chi connectivity index (χ4n) is 0.706. The van der Waals surface area contributed by atoms with Crippen molar-refractivity contribution in [2.75, 3.05) is 0 Å². The van der Waals surface area contributed by atoms with Crippen molar-refractivity contribution in [2.24, 2.45) is 5.92 Å². The molecule has 0 unspecified atom stereocenters. The van der Waals surface area contributed by atoms with Gasteiger partial charge in [-0.05, 0) is 0 Å². The van der Waals surface area contributed by atoms with Gasteiger partial charge in [0.25, 0.3) is 0 Å². The Morgan fingerprint density at radius 3 is 1.50 bits per heavy atom. The van der Waals surface area contributed by atoms with E-state index < -0.39 is 6.54 Å². The minimum absolute atomic E-state index is 0.549. The third-order valence-electron chi connectivity index (χ3n) is 3.02. The molecule has 0 nitrogen and oxygen atoms in total. The van der Waals surface area contributed by atoms with Crippen LogP contribution in [0.25, 0.3) is 0 Å². The molecule has 0 aliphatic rings. The Balaban J connectivity index is 4.40. The summed E-state index contributed by atoms with van der Waals surface area (Å²) in [4.78, 5) is 0. The summed E-state index contributed by atoms with van der Waals surface area (Å²) in [6, 6.07) is 0. The number of rotatable bonds is 2. The van der Waals surface area contributed by atoms with E-state index in [2.05, 4.69) is 57.0 Å². The maximum absolute atomic E-state index is 2.91. The molecule has 0 aromatic rings. The van der Waals surface area contributed by atoms with Gasteiger partial charge in [-0.25, -0.2) is 0 Å². The second-order valence-corrected chi connectivity index (χ2v) is 15.9. The molecule has 0 aliphatic carbocycles. The van der Waals surface area contributed by atoms with Crippen molar-refractivity contribution in [3.8, 4) is 0 Å². The molecule has 0 bridgehead atoms. The molecule has 2 heteroatoms. The first-order valence-electron chi connectivity index (χ1n) is 3.92. The van der Waals surface area contributed by atoms with Crippen molar-refractivity contribution < 1.29 is 0 Å². The molecule has 0 saturated heterocycles. The van der Waals surface area contributed by atoms with Gasteiger partial charge in [0.1, 0.15) is 0 Å². The Hall–Kier alpha value is 0.775. The van der Waals surface area contributed by atoms with E-state index in [1.165, 1.54) is 0 Å². The van der Waals surface area contributed by atoms with Gasteiger partial charge in [-0.1, -0.05) is 0 Å². The third-order valence-corrected chi connectivity index (χ3v) is 10.4. The number of hydrogen-bond acceptors (Lipinski definition) is 0. The molecule has 10 heavy (non-hydrogen) atoms. The molecule has 0 rings (SSSR count). The molecule has 0 saturated carbocycles. The monoisotopic (exact) mass is 218 g/mol. The van der Waals surface area contributed by atoms with E-state index >= 15 is 0 Å². The van der Waals surface area contributed by atoms with E-state index in [-0.39, 0.29) is 0 Å². The topological polar surface area (TPSA) is 0 Å². The average Bonchev–Trinajstić information content (AvgIpc) is 1.62. The molecule has 0 spiro atoms. The standard InChI is InChI=1S/C8H19AsSi/c1-7(2)8(3,4)10(5,6)9/h7H,1-6H3. The van der Waals surface area contributed by atoms with Crippen LogP contribution in [0.1, 0.15) is 27.7 Å². The summed E-state index contributed by atoms with van der Waals surface area (Å²) in [5.74, 6) is 0.803. The van der Waals surface area contributed by atoms with Gasteiger partial charge >= 0.3 is 74.5 Å². The van der Waals surface area contributed by atoms with Gasteiger partial charge in [0.15, 0.2) is 0 Å². The molecule has 0 atom stereocenters. The Morgan fingerprint density at radius 1 is 1.20 bits per heavy atom. The normalized spacial score (nSPS) is 14.4. The number of hydrogen-bond donors (Lipinski definition) is 0. The maximum atomic E-state index is 2.91. The zero-order valence-electron chi connectivity index (χ0n) is 8.02. The van der Waals surface area contributed by atoms with Crippen LogP contribution in [0.4, 0.5) is 0 Å². The van der Waals surface area contributed by atoms with Crippen LogP contribution in [0, 0.1) is 5.92 Å². The molecular weight excluding hydrogens is 199 g/mol. The summed E-state index contributed by atoms with van der Waals surface area (Å²) < 4.78 is 0. The predicted molar refractivity (Wildman–Crippen MR) is 52.1 cm³/mol. The second kappa shape index (κ2) is 3.02. The summed E-state index contributed by atoms with van der Waals surface area (Å²) >= 11 is 2.91. The van der Waals surface area contributed by atoms with E-state index in [0.29, 0.717) is 5.04 Å². The van der Waals surface area contributed by atoms with E-state index in [1.54, 1.807) is 0 Å². The molecule has 0 N–H and O–H groups in total. The molecule has 0 aliphatic heterocycles. The SMILES string of the molecule is CC(C)C(C)(C)[Si](C)(C)[As]. The van der Waals surface area contributed by atoms with E-state index in [4.69, 9.17) is 0 Å². The van der Waals surface area contributed by atoms with Crippen molar-refractivity contribution in [1.82, 2.24) is 0 Å². The first kappa shape index (κ1) is 10.8. The van der Waals surface area contributed by atoms with Gasteiger partial charge in [0.2, 0.25) is 0 Å². The first-order valence-corrected chi connectivity index (χ1v) is 9.68. The Labute approximate surface area is 74.7 Å². The molecule has 60 valence electrons. The van der Waals surface area contributed by atoms with Crippen molar-refractivity contribution in [3.63, 3.8) is 0 Å². The van der Waals surface area contributed by atoms with Crippen LogP contribution in [-0.4, -0.2) is 22.7 Å². The van der Waals surface area contributed by atoms with Crippen LogP contribution in [-0.2, 0) is 0 Å². The molecule has 0 heterocycles. The summed E-state index contributed by atoms with van der Waals surface area (Å²) in [6.07, 6.45) is 0. The summed E-state index contributed by atoms with van der Waals surface area (Å²) in [6.45, 7) is 13.3. The summed E-state index contributed by atoms with van der Waals surface area (Å²) in [7, 11) is 0. The molecule has 0 aromatic heterocycles. The molecule has 0 fully saturated rings. The summed E-state index contributed by atoms with van der Waals surface area (Å²) in [5, 5.41) is 0.549. The zero-order valence-corrected chi connectivity index (χ0v) is 10.9. The van der Waals surface area contributed by atoms with Crippen LogP contribution < -0.4 is 0 Å². The first-order chi connectivity index (χ1) is 4.19. The minimum atomic E-state index is -1.01. The summed E-state index contributed by atoms with van der Waals surface area (Å²) in [5.41, 5.74) is 0. The fourth-order valence-corrected chi connectivity index (χ4v) is 3.74. The van der Waals surface area contributed by atoms with Gasteiger partial charge < -0.3 is 0 Å². The second-order valence-electron chi connectivity index (χ2n) is 4.44. The van der Waals surface area contributed by atoms with Crippen molar-refractivity contribution in [1.29, 1.82) is 0 Å². The van der Waals surface area contributed by atoms with Crippen LogP contribution in [0.15, 0.2) is 0 Å². The van der Waals surface area contributed by atoms with Gasteiger partial charge in [-0.15, -0.1) is 0 Å². The van der Waals surface area contributed by atoms with Crippen molar-refractivity contribution >= 4 is 22.7 Å². The van der Waals surface area contributed by atoms with E-state index in [0.717, 1.165) is 5.92 Å². The van der Waals surface area contributed by atoms with Gasteiger partial charge in [0.05, 0.1) is 0 Å². The van der Waals surface area contributed by atoms with Crippen molar-refractivity contribution in [3.05, 3.63) is 0 Å². The Morgan fingerprint density at radius 2 is 1.50 bits per heavy atom. The molecule has 0 aromatic carbocycles. The van der Waals surface area contributed by atoms with Gasteiger partial charge in [-0.2, -0.15) is 0 Å². The fraction of sp³-hybridized carbons (Fsp3) is 1.00. The zero-order chi connectivity index (χ0) is 8.58. The van der Waals surface area contributed by atoms with Crippen LogP contribution in [0.5, 0.6) is 0 Å². The quantitative estimate of drug-likeness (QED) is 0.625. The third kappa shape index (κ3) is 2.13. The predicted octanol–water partition coefficient (Wildman–Crippen LogP) is 2.80. The van der Waals surface area contributed by atoms with Crippen LogP contribution in [0.3, 0.4) is 0 Å². The van der Waals surface area contributed by atoms with Gasteiger partial charge in [-0.3, -0.25) is 0 Å². The molecular formula is C8H19AsSi. The molecule has 2 radical (unpaired) electrons. The van der Waals surface area contributed by atoms with Crippen molar-refractivity contribution in [2.45, 2.75) is 45.8 Å². The van der Waals surface area contributed by atoms with E-state index in [1.807, 2.05) is 0 Å². The van der Waals surface area contributed by atoms with E-state index in [9.17, 15) is 0 Å². The molecule has 0 amide bonds. The Bertz CT molecular complexity index is 111. The van der Waals surface area contributed by atoms with Gasteiger partial charge in [0, 0.05) is 0 Å². The van der Waals surface area contributed by atoms with Crippen LogP contribution >= 0.6 is 0 Å². The van der Waals surface area contributed by atoms with Crippen LogP contribution in [0.2, 0.25) is 18.1 Å².